The summed E-state index contributed by atoms with van der Waals surface area (Å²) < 4.78 is 10.2. The summed E-state index contributed by atoms with van der Waals surface area (Å²) in [7, 11) is 1.62. The van der Waals surface area contributed by atoms with Crippen LogP contribution in [0.1, 0.15) is 26.3 Å². The summed E-state index contributed by atoms with van der Waals surface area (Å²) in [6, 6.07) is 7.38. The summed E-state index contributed by atoms with van der Waals surface area (Å²) >= 11 is 0. The highest BCUT2D eigenvalue weighted by molar-refractivity contribution is 5.82. The van der Waals surface area contributed by atoms with Crippen molar-refractivity contribution in [1.29, 1.82) is 0 Å². The molecule has 3 heteroatoms. The SMILES string of the molecule is COc1ccc(C#C/C=C/C(=O)OC(C)(C)C)cc1. The number of rotatable bonds is 2. The fourth-order valence-electron chi connectivity index (χ4n) is 1.24. The largest absolute Gasteiger partial charge is 0.497 e. The lowest BCUT2D eigenvalue weighted by Crippen LogP contribution is -2.22. The zero-order chi connectivity index (χ0) is 14.3. The summed E-state index contributed by atoms with van der Waals surface area (Å²) in [5.41, 5.74) is 0.375. The molecule has 0 aliphatic rings. The Labute approximate surface area is 114 Å². The molecule has 100 valence electrons. The maximum absolute atomic E-state index is 11.4. The first-order chi connectivity index (χ1) is 8.90. The van der Waals surface area contributed by atoms with Crippen molar-refractivity contribution in [2.75, 3.05) is 7.11 Å². The molecular weight excluding hydrogens is 240 g/mol. The van der Waals surface area contributed by atoms with Crippen molar-refractivity contribution in [3.63, 3.8) is 0 Å². The van der Waals surface area contributed by atoms with Crippen molar-refractivity contribution in [2.45, 2.75) is 26.4 Å². The molecule has 0 unspecified atom stereocenters. The number of hydrogen-bond acceptors (Lipinski definition) is 3. The third-order valence-corrected chi connectivity index (χ3v) is 2.02. The second kappa shape index (κ2) is 6.65. The predicted octanol–water partition coefficient (Wildman–Crippen LogP) is 2.94. The van der Waals surface area contributed by atoms with Crippen molar-refractivity contribution in [3.05, 3.63) is 42.0 Å². The standard InChI is InChI=1S/C16H18O3/c1-16(2,3)19-15(17)8-6-5-7-13-9-11-14(18-4)12-10-13/h6,8-12H,1-4H3/b8-6+. The Hall–Kier alpha value is -2.21. The molecule has 1 aromatic carbocycles. The number of carbonyl (C=O) groups excluding carboxylic acids is 1. The minimum absolute atomic E-state index is 0.392. The van der Waals surface area contributed by atoms with E-state index < -0.39 is 11.6 Å². The third-order valence-electron chi connectivity index (χ3n) is 2.02. The number of ether oxygens (including phenoxy) is 2. The van der Waals surface area contributed by atoms with Crippen LogP contribution in [0.2, 0.25) is 0 Å². The van der Waals surface area contributed by atoms with Gasteiger partial charge in [0.05, 0.1) is 7.11 Å². The lowest BCUT2D eigenvalue weighted by atomic mass is 10.2. The monoisotopic (exact) mass is 258 g/mol. The van der Waals surface area contributed by atoms with Gasteiger partial charge in [-0.15, -0.1) is 0 Å². The van der Waals surface area contributed by atoms with Crippen molar-refractivity contribution >= 4 is 5.97 Å². The third kappa shape index (κ3) is 6.32. The Morgan fingerprint density at radius 2 is 1.84 bits per heavy atom. The maximum Gasteiger partial charge on any atom is 0.331 e. The predicted molar refractivity (Wildman–Crippen MR) is 74.9 cm³/mol. The Morgan fingerprint density at radius 1 is 1.21 bits per heavy atom. The van der Waals surface area contributed by atoms with Crippen LogP contribution in [0.4, 0.5) is 0 Å². The topological polar surface area (TPSA) is 35.5 Å². The molecule has 0 bridgehead atoms. The van der Waals surface area contributed by atoms with Gasteiger partial charge < -0.3 is 9.47 Å². The van der Waals surface area contributed by atoms with Gasteiger partial charge in [0.25, 0.3) is 0 Å². The van der Waals surface area contributed by atoms with Gasteiger partial charge in [0, 0.05) is 11.6 Å². The van der Waals surface area contributed by atoms with Crippen LogP contribution in [0.5, 0.6) is 5.75 Å². The minimum atomic E-state index is -0.481. The fourth-order valence-corrected chi connectivity index (χ4v) is 1.24. The first kappa shape index (κ1) is 14.8. The van der Waals surface area contributed by atoms with Gasteiger partial charge in [-0.3, -0.25) is 0 Å². The van der Waals surface area contributed by atoms with Crippen LogP contribution in [-0.2, 0) is 9.53 Å². The fraction of sp³-hybridized carbons (Fsp3) is 0.312. The maximum atomic E-state index is 11.4. The summed E-state index contributed by atoms with van der Waals surface area (Å²) in [4.78, 5) is 11.4. The molecule has 3 nitrogen and oxygen atoms in total. The number of carbonyl (C=O) groups is 1. The first-order valence-electron chi connectivity index (χ1n) is 5.96. The van der Waals surface area contributed by atoms with Crippen molar-refractivity contribution in [3.8, 4) is 17.6 Å². The second-order valence-corrected chi connectivity index (χ2v) is 4.86. The Balaban J connectivity index is 2.56. The average molecular weight is 258 g/mol. The Morgan fingerprint density at radius 3 is 2.37 bits per heavy atom. The molecule has 19 heavy (non-hydrogen) atoms. The molecule has 0 aliphatic heterocycles. The molecule has 0 aliphatic carbocycles. The highest BCUT2D eigenvalue weighted by Crippen LogP contribution is 2.10. The van der Waals surface area contributed by atoms with Crippen LogP contribution in [0.3, 0.4) is 0 Å². The van der Waals surface area contributed by atoms with Crippen LogP contribution >= 0.6 is 0 Å². The van der Waals surface area contributed by atoms with E-state index in [-0.39, 0.29) is 0 Å². The molecule has 0 spiro atoms. The van der Waals surface area contributed by atoms with Crippen LogP contribution in [0, 0.1) is 11.8 Å². The van der Waals surface area contributed by atoms with E-state index >= 15 is 0 Å². The zero-order valence-electron chi connectivity index (χ0n) is 11.7. The van der Waals surface area contributed by atoms with Gasteiger partial charge in [-0.1, -0.05) is 11.8 Å². The van der Waals surface area contributed by atoms with Gasteiger partial charge in [0.1, 0.15) is 11.4 Å². The average Bonchev–Trinajstić information content (AvgIpc) is 2.33. The summed E-state index contributed by atoms with van der Waals surface area (Å²) in [6.45, 7) is 5.46. The van der Waals surface area contributed by atoms with E-state index in [4.69, 9.17) is 9.47 Å². The molecule has 0 fully saturated rings. The van der Waals surface area contributed by atoms with E-state index in [0.29, 0.717) is 0 Å². The quantitative estimate of drug-likeness (QED) is 0.465. The molecule has 0 saturated carbocycles. The molecule has 0 aromatic heterocycles. The van der Waals surface area contributed by atoms with Crippen molar-refractivity contribution < 1.29 is 14.3 Å². The number of allylic oxidation sites excluding steroid dienone is 1. The zero-order valence-corrected chi connectivity index (χ0v) is 11.7. The normalized spacial score (nSPS) is 10.7. The Kier molecular flexibility index (Phi) is 5.20. The van der Waals surface area contributed by atoms with Gasteiger partial charge in [-0.25, -0.2) is 4.79 Å². The molecular formula is C16H18O3. The van der Waals surface area contributed by atoms with Gasteiger partial charge in [0.2, 0.25) is 0 Å². The highest BCUT2D eigenvalue weighted by Gasteiger charge is 2.13. The van der Waals surface area contributed by atoms with Crippen molar-refractivity contribution in [1.82, 2.24) is 0 Å². The summed E-state index contributed by atoms with van der Waals surface area (Å²) in [5.74, 6) is 6.09. The van der Waals surface area contributed by atoms with E-state index in [2.05, 4.69) is 11.8 Å². The minimum Gasteiger partial charge on any atom is -0.497 e. The van der Waals surface area contributed by atoms with E-state index in [1.54, 1.807) is 7.11 Å². The second-order valence-electron chi connectivity index (χ2n) is 4.86. The highest BCUT2D eigenvalue weighted by atomic mass is 16.6. The smallest absolute Gasteiger partial charge is 0.331 e. The molecule has 0 amide bonds. The number of esters is 1. The van der Waals surface area contributed by atoms with Crippen LogP contribution < -0.4 is 4.74 Å². The number of methoxy groups -OCH3 is 1. The van der Waals surface area contributed by atoms with Gasteiger partial charge in [-0.2, -0.15) is 0 Å². The lowest BCUT2D eigenvalue weighted by Gasteiger charge is -2.17. The molecule has 0 radical (unpaired) electrons. The Bertz CT molecular complexity index is 508. The summed E-state index contributed by atoms with van der Waals surface area (Å²) in [5, 5.41) is 0. The van der Waals surface area contributed by atoms with Crippen LogP contribution in [0.25, 0.3) is 0 Å². The number of benzene rings is 1. The van der Waals surface area contributed by atoms with Gasteiger partial charge in [-0.05, 0) is 51.1 Å². The molecule has 0 N–H and O–H groups in total. The molecule has 1 rings (SSSR count). The van der Waals surface area contributed by atoms with Crippen molar-refractivity contribution in [2.24, 2.45) is 0 Å². The lowest BCUT2D eigenvalue weighted by molar-refractivity contribution is -0.148. The van der Waals surface area contributed by atoms with E-state index in [9.17, 15) is 4.79 Å². The van der Waals surface area contributed by atoms with Gasteiger partial charge >= 0.3 is 5.97 Å². The molecule has 1 aromatic rings. The van der Waals surface area contributed by atoms with E-state index in [1.807, 2.05) is 45.0 Å². The molecule has 0 saturated heterocycles. The van der Waals surface area contributed by atoms with Crippen LogP contribution in [0.15, 0.2) is 36.4 Å². The molecule has 0 atom stereocenters. The number of hydrogen-bond donors (Lipinski definition) is 0. The molecule has 0 heterocycles. The first-order valence-corrected chi connectivity index (χ1v) is 5.96. The van der Waals surface area contributed by atoms with Gasteiger partial charge in [0.15, 0.2) is 0 Å². The van der Waals surface area contributed by atoms with E-state index in [1.165, 1.54) is 12.2 Å². The summed E-state index contributed by atoms with van der Waals surface area (Å²) in [6.07, 6.45) is 2.81. The van der Waals surface area contributed by atoms with E-state index in [0.717, 1.165) is 11.3 Å². The van der Waals surface area contributed by atoms with Crippen LogP contribution in [-0.4, -0.2) is 18.7 Å².